The van der Waals surface area contributed by atoms with Crippen molar-refractivity contribution in [3.8, 4) is 0 Å². The van der Waals surface area contributed by atoms with E-state index in [2.05, 4.69) is 18.4 Å². The van der Waals surface area contributed by atoms with Crippen molar-refractivity contribution in [1.29, 1.82) is 0 Å². The van der Waals surface area contributed by atoms with Gasteiger partial charge in [0.2, 0.25) is 0 Å². The average Bonchev–Trinajstić information content (AvgIpc) is 2.10. The van der Waals surface area contributed by atoms with Crippen molar-refractivity contribution in [1.82, 2.24) is 5.32 Å². The third-order valence-electron chi connectivity index (χ3n) is 1.88. The van der Waals surface area contributed by atoms with Gasteiger partial charge in [-0.15, -0.1) is 0 Å². The molecule has 4 heteroatoms. The minimum atomic E-state index is -1.16. The van der Waals surface area contributed by atoms with Gasteiger partial charge in [-0.3, -0.25) is 4.79 Å². The zero-order valence-electron chi connectivity index (χ0n) is 6.35. The molecule has 0 spiro atoms. The molecule has 1 atom stereocenters. The topological polar surface area (TPSA) is 49.3 Å². The largest absolute Gasteiger partial charge is 0.480 e. The molecule has 0 aromatic heterocycles. The molecule has 0 amide bonds. The van der Waals surface area contributed by atoms with Gasteiger partial charge in [0.15, 0.2) is 0 Å². The fourth-order valence-electron chi connectivity index (χ4n) is 1.27. The normalized spacial score (nSPS) is 30.4. The Morgan fingerprint density at radius 3 is 2.50 bits per heavy atom. The highest BCUT2D eigenvalue weighted by molar-refractivity contribution is 6.78. The highest BCUT2D eigenvalue weighted by Gasteiger charge is 2.35. The summed E-state index contributed by atoms with van der Waals surface area (Å²) in [7, 11) is -1.16. The van der Waals surface area contributed by atoms with E-state index in [4.69, 9.17) is 5.11 Å². The summed E-state index contributed by atoms with van der Waals surface area (Å²) in [6.45, 7) is 4.42. The fourth-order valence-corrected chi connectivity index (χ4v) is 3.64. The van der Waals surface area contributed by atoms with Crippen LogP contribution in [0.5, 0.6) is 0 Å². The van der Waals surface area contributed by atoms with E-state index in [1.165, 1.54) is 0 Å². The van der Waals surface area contributed by atoms with Crippen molar-refractivity contribution >= 4 is 14.0 Å². The Bertz CT molecular complexity index is 158. The first-order chi connectivity index (χ1) is 4.51. The number of rotatable bonds is 1. The molecule has 1 rings (SSSR count). The lowest BCUT2D eigenvalue weighted by molar-refractivity contribution is -0.138. The zero-order chi connectivity index (χ0) is 7.78. The first-order valence-corrected chi connectivity index (χ1v) is 6.89. The van der Waals surface area contributed by atoms with E-state index in [-0.39, 0.29) is 6.04 Å². The van der Waals surface area contributed by atoms with Crippen LogP contribution in [0.4, 0.5) is 0 Å². The van der Waals surface area contributed by atoms with Gasteiger partial charge >= 0.3 is 5.97 Å². The number of nitrogens with one attached hydrogen (secondary N) is 1. The van der Waals surface area contributed by atoms with Gasteiger partial charge < -0.3 is 10.4 Å². The van der Waals surface area contributed by atoms with Crippen LogP contribution in [0.25, 0.3) is 0 Å². The minimum absolute atomic E-state index is 0.262. The summed E-state index contributed by atoms with van der Waals surface area (Å²) in [5.74, 6) is -0.696. The maximum atomic E-state index is 10.4. The lowest BCUT2D eigenvalue weighted by Gasteiger charge is -2.10. The second-order valence-corrected chi connectivity index (χ2v) is 8.73. The standard InChI is InChI=1S/C6H13NO2Si/c1-10(2)3-5(6(8)9)7-4-10/h5,7H,3-4H2,1-2H3,(H,8,9)/t5-/m0/s1. The molecule has 0 unspecified atom stereocenters. The number of carbonyl (C=O) groups is 1. The fraction of sp³-hybridized carbons (Fsp3) is 0.833. The molecule has 0 bridgehead atoms. The lowest BCUT2D eigenvalue weighted by Crippen LogP contribution is -2.30. The van der Waals surface area contributed by atoms with Crippen LogP contribution in [0.1, 0.15) is 0 Å². The predicted molar refractivity (Wildman–Crippen MR) is 41.7 cm³/mol. The van der Waals surface area contributed by atoms with Crippen molar-refractivity contribution in [2.75, 3.05) is 6.17 Å². The summed E-state index contributed by atoms with van der Waals surface area (Å²) in [6, 6.07) is 0.615. The Morgan fingerprint density at radius 2 is 2.30 bits per heavy atom. The number of hydrogen-bond donors (Lipinski definition) is 2. The molecule has 0 aliphatic carbocycles. The van der Waals surface area contributed by atoms with E-state index in [0.717, 1.165) is 12.2 Å². The predicted octanol–water partition coefficient (Wildman–Crippen LogP) is 0.290. The van der Waals surface area contributed by atoms with Crippen molar-refractivity contribution in [2.24, 2.45) is 0 Å². The van der Waals surface area contributed by atoms with Gasteiger partial charge in [0.05, 0.1) is 8.07 Å². The van der Waals surface area contributed by atoms with E-state index in [9.17, 15) is 4.79 Å². The molecule has 0 radical (unpaired) electrons. The summed E-state index contributed by atoms with van der Waals surface area (Å²) < 4.78 is 0. The van der Waals surface area contributed by atoms with Gasteiger partial charge in [-0.2, -0.15) is 0 Å². The molecule has 3 nitrogen and oxygen atoms in total. The van der Waals surface area contributed by atoms with Crippen LogP contribution in [0.2, 0.25) is 19.1 Å². The third kappa shape index (κ3) is 1.57. The van der Waals surface area contributed by atoms with E-state index in [1.54, 1.807) is 0 Å². The molecule has 1 saturated heterocycles. The van der Waals surface area contributed by atoms with Crippen LogP contribution in [-0.4, -0.2) is 31.4 Å². The summed E-state index contributed by atoms with van der Waals surface area (Å²) in [6.07, 6.45) is 0.948. The highest BCUT2D eigenvalue weighted by atomic mass is 28.3. The third-order valence-corrected chi connectivity index (χ3v) is 4.56. The average molecular weight is 159 g/mol. The lowest BCUT2D eigenvalue weighted by atomic mass is 10.4. The van der Waals surface area contributed by atoms with Gasteiger partial charge in [-0.05, 0) is 12.2 Å². The monoisotopic (exact) mass is 159 g/mol. The quantitative estimate of drug-likeness (QED) is 0.541. The second kappa shape index (κ2) is 2.36. The molecule has 0 aromatic rings. The van der Waals surface area contributed by atoms with Gasteiger partial charge in [0.1, 0.15) is 6.04 Å². The Morgan fingerprint density at radius 1 is 1.70 bits per heavy atom. The summed E-state index contributed by atoms with van der Waals surface area (Å²) >= 11 is 0. The molecule has 1 heterocycles. The number of aliphatic carboxylic acids is 1. The van der Waals surface area contributed by atoms with Gasteiger partial charge in [0.25, 0.3) is 0 Å². The maximum absolute atomic E-state index is 10.4. The zero-order valence-corrected chi connectivity index (χ0v) is 7.35. The van der Waals surface area contributed by atoms with E-state index in [1.807, 2.05) is 0 Å². The second-order valence-electron chi connectivity index (χ2n) is 3.64. The van der Waals surface area contributed by atoms with E-state index in [0.29, 0.717) is 0 Å². The van der Waals surface area contributed by atoms with Crippen LogP contribution in [0.3, 0.4) is 0 Å². The van der Waals surface area contributed by atoms with Crippen LogP contribution in [0.15, 0.2) is 0 Å². The van der Waals surface area contributed by atoms with E-state index >= 15 is 0 Å². The summed E-state index contributed by atoms with van der Waals surface area (Å²) in [5.41, 5.74) is 0. The van der Waals surface area contributed by atoms with Crippen LogP contribution >= 0.6 is 0 Å². The van der Waals surface area contributed by atoms with Gasteiger partial charge in [-0.1, -0.05) is 13.1 Å². The number of carboxylic acid groups (broad SMARTS) is 1. The first kappa shape index (κ1) is 7.75. The molecule has 1 aliphatic rings. The van der Waals surface area contributed by atoms with Crippen LogP contribution in [-0.2, 0) is 4.79 Å². The maximum Gasteiger partial charge on any atom is 0.320 e. The van der Waals surface area contributed by atoms with Crippen molar-refractivity contribution in [3.63, 3.8) is 0 Å². The molecular weight excluding hydrogens is 146 g/mol. The Kier molecular flexibility index (Phi) is 1.83. The van der Waals surface area contributed by atoms with Crippen LogP contribution in [0, 0.1) is 0 Å². The van der Waals surface area contributed by atoms with Crippen molar-refractivity contribution in [3.05, 3.63) is 0 Å². The molecular formula is C6H13NO2Si. The molecule has 2 N–H and O–H groups in total. The van der Waals surface area contributed by atoms with Crippen molar-refractivity contribution < 1.29 is 9.90 Å². The van der Waals surface area contributed by atoms with Gasteiger partial charge in [-0.25, -0.2) is 0 Å². The number of hydrogen-bond acceptors (Lipinski definition) is 2. The number of carboxylic acids is 1. The van der Waals surface area contributed by atoms with Crippen LogP contribution < -0.4 is 5.32 Å². The highest BCUT2D eigenvalue weighted by Crippen LogP contribution is 2.17. The first-order valence-electron chi connectivity index (χ1n) is 3.47. The molecule has 0 saturated carbocycles. The smallest absolute Gasteiger partial charge is 0.320 e. The summed E-state index contributed by atoms with van der Waals surface area (Å²) in [5, 5.41) is 11.6. The molecule has 1 fully saturated rings. The molecule has 58 valence electrons. The van der Waals surface area contributed by atoms with Gasteiger partial charge in [0, 0.05) is 0 Å². The summed E-state index contributed by atoms with van der Waals surface area (Å²) in [4.78, 5) is 10.4. The Labute approximate surface area is 61.4 Å². The molecule has 10 heavy (non-hydrogen) atoms. The Hall–Kier alpha value is -0.353. The molecule has 0 aromatic carbocycles. The van der Waals surface area contributed by atoms with Crippen molar-refractivity contribution in [2.45, 2.75) is 25.2 Å². The Balaban J connectivity index is 2.51. The van der Waals surface area contributed by atoms with E-state index < -0.39 is 14.0 Å². The SMILES string of the molecule is C[Si]1(C)CN[C@H](C(=O)O)C1. The molecule has 1 aliphatic heterocycles. The minimum Gasteiger partial charge on any atom is -0.480 e.